The Bertz CT molecular complexity index is 239. The molecule has 1 saturated carbocycles. The summed E-state index contributed by atoms with van der Waals surface area (Å²) in [5.41, 5.74) is 0.283. The largest absolute Gasteiger partial charge is 0.383 e. The highest BCUT2D eigenvalue weighted by molar-refractivity contribution is 4.90. The predicted molar refractivity (Wildman–Crippen MR) is 77.9 cm³/mol. The van der Waals surface area contributed by atoms with Gasteiger partial charge in [0.1, 0.15) is 0 Å². The van der Waals surface area contributed by atoms with E-state index in [0.717, 1.165) is 25.6 Å². The van der Waals surface area contributed by atoms with Crippen LogP contribution in [0.4, 0.5) is 0 Å². The van der Waals surface area contributed by atoms with Gasteiger partial charge in [-0.25, -0.2) is 0 Å². The fraction of sp³-hybridized carbons (Fsp3) is 1.00. The molecule has 18 heavy (non-hydrogen) atoms. The summed E-state index contributed by atoms with van der Waals surface area (Å²) in [6, 6.07) is 1.22. The van der Waals surface area contributed by atoms with E-state index in [1.165, 1.54) is 12.8 Å². The zero-order chi connectivity index (χ0) is 13.8. The van der Waals surface area contributed by atoms with Crippen molar-refractivity contribution in [3.05, 3.63) is 0 Å². The highest BCUT2D eigenvalue weighted by Gasteiger charge is 2.35. The van der Waals surface area contributed by atoms with Gasteiger partial charge < -0.3 is 10.1 Å². The van der Waals surface area contributed by atoms with E-state index >= 15 is 0 Å². The van der Waals surface area contributed by atoms with Crippen LogP contribution in [0.2, 0.25) is 0 Å². The number of methoxy groups -OCH3 is 1. The van der Waals surface area contributed by atoms with Gasteiger partial charge in [-0.3, -0.25) is 4.90 Å². The van der Waals surface area contributed by atoms with Gasteiger partial charge in [0.15, 0.2) is 0 Å². The molecule has 1 N–H and O–H groups in total. The fourth-order valence-electron chi connectivity index (χ4n) is 2.56. The quantitative estimate of drug-likeness (QED) is 0.685. The summed E-state index contributed by atoms with van der Waals surface area (Å²) in [5, 5.41) is 3.39. The lowest BCUT2D eigenvalue weighted by Gasteiger charge is -2.40. The molecule has 0 aliphatic heterocycles. The van der Waals surface area contributed by atoms with Crippen LogP contribution < -0.4 is 5.32 Å². The van der Waals surface area contributed by atoms with Gasteiger partial charge in [-0.05, 0) is 45.1 Å². The van der Waals surface area contributed by atoms with Crippen molar-refractivity contribution in [1.29, 1.82) is 0 Å². The zero-order valence-corrected chi connectivity index (χ0v) is 13.1. The number of nitrogens with zero attached hydrogens (tertiary/aromatic N) is 1. The van der Waals surface area contributed by atoms with Crippen LogP contribution in [0.15, 0.2) is 0 Å². The Morgan fingerprint density at radius 1 is 1.33 bits per heavy atom. The zero-order valence-electron chi connectivity index (χ0n) is 13.1. The molecular formula is C15H32N2O. The van der Waals surface area contributed by atoms with Crippen molar-refractivity contribution >= 4 is 0 Å². The van der Waals surface area contributed by atoms with Crippen molar-refractivity contribution in [3.63, 3.8) is 0 Å². The van der Waals surface area contributed by atoms with E-state index < -0.39 is 0 Å². The molecule has 2 unspecified atom stereocenters. The maximum Gasteiger partial charge on any atom is 0.0589 e. The number of hydrogen-bond acceptors (Lipinski definition) is 3. The molecule has 108 valence electrons. The molecule has 3 nitrogen and oxygen atoms in total. The van der Waals surface area contributed by atoms with Crippen molar-refractivity contribution in [2.24, 2.45) is 11.3 Å². The van der Waals surface area contributed by atoms with Crippen LogP contribution in [-0.4, -0.2) is 50.8 Å². The molecule has 3 heteroatoms. The fourth-order valence-corrected chi connectivity index (χ4v) is 2.56. The predicted octanol–water partition coefficient (Wildman–Crippen LogP) is 2.37. The first-order valence-electron chi connectivity index (χ1n) is 7.32. The minimum absolute atomic E-state index is 0.283. The summed E-state index contributed by atoms with van der Waals surface area (Å²) in [6.07, 6.45) is 2.82. The van der Waals surface area contributed by atoms with Crippen LogP contribution >= 0.6 is 0 Å². The standard InChI is InChI=1S/C15H32N2O/c1-12(14-7-8-14)17(9-10-18-6)11-15(3,4)13(2)16-5/h12-14,16H,7-11H2,1-6H3. The van der Waals surface area contributed by atoms with Gasteiger partial charge >= 0.3 is 0 Å². The van der Waals surface area contributed by atoms with Crippen molar-refractivity contribution in [2.75, 3.05) is 33.9 Å². The average molecular weight is 256 g/mol. The third-order valence-electron chi connectivity index (χ3n) is 4.68. The highest BCUT2D eigenvalue weighted by Crippen LogP contribution is 2.36. The summed E-state index contributed by atoms with van der Waals surface area (Å²) < 4.78 is 5.27. The summed E-state index contributed by atoms with van der Waals surface area (Å²) in [7, 11) is 3.84. The number of nitrogens with one attached hydrogen (secondary N) is 1. The molecule has 0 bridgehead atoms. The van der Waals surface area contributed by atoms with Gasteiger partial charge in [-0.2, -0.15) is 0 Å². The highest BCUT2D eigenvalue weighted by atomic mass is 16.5. The van der Waals surface area contributed by atoms with Crippen molar-refractivity contribution < 1.29 is 4.74 Å². The Morgan fingerprint density at radius 2 is 1.94 bits per heavy atom. The molecule has 0 heterocycles. The van der Waals surface area contributed by atoms with Crippen LogP contribution in [0.1, 0.15) is 40.5 Å². The minimum atomic E-state index is 0.283. The lowest BCUT2D eigenvalue weighted by atomic mass is 9.84. The van der Waals surface area contributed by atoms with Gasteiger partial charge in [0.05, 0.1) is 6.61 Å². The van der Waals surface area contributed by atoms with Crippen molar-refractivity contribution in [2.45, 2.75) is 52.6 Å². The Kier molecular flexibility index (Phi) is 6.09. The van der Waals surface area contributed by atoms with Crippen LogP contribution in [0.5, 0.6) is 0 Å². The van der Waals surface area contributed by atoms with Crippen LogP contribution in [0, 0.1) is 11.3 Å². The number of hydrogen-bond donors (Lipinski definition) is 1. The van der Waals surface area contributed by atoms with Crippen LogP contribution in [-0.2, 0) is 4.74 Å². The normalized spacial score (nSPS) is 20.2. The maximum absolute atomic E-state index is 5.27. The first-order valence-corrected chi connectivity index (χ1v) is 7.32. The topological polar surface area (TPSA) is 24.5 Å². The third kappa shape index (κ3) is 4.52. The molecule has 0 aromatic carbocycles. The van der Waals surface area contributed by atoms with Gasteiger partial charge in [-0.1, -0.05) is 13.8 Å². The second-order valence-corrected chi connectivity index (χ2v) is 6.54. The van der Waals surface area contributed by atoms with Gasteiger partial charge in [0, 0.05) is 32.3 Å². The molecule has 1 rings (SSSR count). The molecule has 0 amide bonds. The minimum Gasteiger partial charge on any atom is -0.383 e. The van der Waals surface area contributed by atoms with E-state index in [1.54, 1.807) is 7.11 Å². The molecule has 0 radical (unpaired) electrons. The van der Waals surface area contributed by atoms with Crippen LogP contribution in [0.3, 0.4) is 0 Å². The van der Waals surface area contributed by atoms with Crippen molar-refractivity contribution in [3.8, 4) is 0 Å². The lowest BCUT2D eigenvalue weighted by molar-refractivity contribution is 0.0720. The van der Waals surface area contributed by atoms with Gasteiger partial charge in [0.25, 0.3) is 0 Å². The molecule has 0 saturated heterocycles. The monoisotopic (exact) mass is 256 g/mol. The summed E-state index contributed by atoms with van der Waals surface area (Å²) >= 11 is 0. The van der Waals surface area contributed by atoms with Crippen LogP contribution in [0.25, 0.3) is 0 Å². The van der Waals surface area contributed by atoms with E-state index in [2.05, 4.69) is 45.0 Å². The first kappa shape index (κ1) is 15.9. The van der Waals surface area contributed by atoms with Gasteiger partial charge in [-0.15, -0.1) is 0 Å². The molecule has 2 atom stereocenters. The third-order valence-corrected chi connectivity index (χ3v) is 4.68. The Morgan fingerprint density at radius 3 is 2.39 bits per heavy atom. The van der Waals surface area contributed by atoms with Gasteiger partial charge in [0.2, 0.25) is 0 Å². The Labute approximate surface area is 113 Å². The SMILES string of the molecule is CNC(C)C(C)(C)CN(CCOC)C(C)C1CC1. The summed E-state index contributed by atoms with van der Waals surface area (Å²) in [4.78, 5) is 2.62. The number of rotatable bonds is 9. The summed E-state index contributed by atoms with van der Waals surface area (Å²) in [5.74, 6) is 0.919. The molecular weight excluding hydrogens is 224 g/mol. The first-order chi connectivity index (χ1) is 8.42. The lowest BCUT2D eigenvalue weighted by Crippen LogP contribution is -2.49. The average Bonchev–Trinajstić information content (AvgIpc) is 3.16. The van der Waals surface area contributed by atoms with E-state index in [0.29, 0.717) is 12.1 Å². The molecule has 0 aromatic heterocycles. The molecule has 1 fully saturated rings. The molecule has 0 aromatic rings. The summed E-state index contributed by atoms with van der Waals surface area (Å²) in [6.45, 7) is 12.4. The van der Waals surface area contributed by atoms with E-state index in [-0.39, 0.29) is 5.41 Å². The number of ether oxygens (including phenoxy) is 1. The Balaban J connectivity index is 2.58. The van der Waals surface area contributed by atoms with Crippen molar-refractivity contribution in [1.82, 2.24) is 10.2 Å². The molecule has 1 aliphatic carbocycles. The second kappa shape index (κ2) is 6.88. The smallest absolute Gasteiger partial charge is 0.0589 e. The maximum atomic E-state index is 5.27. The molecule has 1 aliphatic rings. The second-order valence-electron chi connectivity index (χ2n) is 6.54. The van der Waals surface area contributed by atoms with E-state index in [1.807, 2.05) is 0 Å². The molecule has 0 spiro atoms. The van der Waals surface area contributed by atoms with E-state index in [9.17, 15) is 0 Å². The Hall–Kier alpha value is -0.120. The van der Waals surface area contributed by atoms with E-state index in [4.69, 9.17) is 4.74 Å².